The zero-order valence-electron chi connectivity index (χ0n) is 30.8. The van der Waals surface area contributed by atoms with Crippen LogP contribution < -0.4 is 4.31 Å². The largest absolute Gasteiger partial charge is 0.246 e. The Morgan fingerprint density at radius 1 is 0.638 bits per heavy atom. The molecule has 3 nitrogen and oxygen atoms in total. The van der Waals surface area contributed by atoms with Gasteiger partial charge in [0, 0.05) is 50.7 Å². The predicted molar refractivity (Wildman–Crippen MR) is 202 cm³/mol. The number of aromatic nitrogens is 2. The lowest BCUT2D eigenvalue weighted by molar-refractivity contribution is 1.16. The molecule has 2 aromatic heterocycles. The number of hydrogen-bond acceptors (Lipinski definition) is 5. The number of fused-ring (bicyclic) bond motifs is 13. The highest BCUT2D eigenvalue weighted by Gasteiger charge is 2.33. The lowest BCUT2D eigenvalue weighted by atomic mass is 9.90. The van der Waals surface area contributed by atoms with Crippen molar-refractivity contribution in [2.24, 2.45) is 0 Å². The zero-order chi connectivity index (χ0) is 36.2. The van der Waals surface area contributed by atoms with Gasteiger partial charge in [-0.05, 0) is 71.0 Å². The Morgan fingerprint density at radius 3 is 2.28 bits per heavy atom. The number of thiophene rings is 1. The first kappa shape index (κ1) is 21.5. The Kier molecular flexibility index (Phi) is 4.64. The standard InChI is InChI=1S/C42H27N3S2/c1-24-19-21-27(25(2)23-24)39-31-15-7-9-17-33(31)43-42(44-39)45-40-38(37-28-12-4-3-11-26(28)20-22-35(37)47-45)30-14-6-5-13-29(30)36-32-16-8-10-18-34(32)46-41(36)40/h3-23H,1-2H3/i1D3,2D3. The Labute approximate surface area is 288 Å². The fourth-order valence-corrected chi connectivity index (χ4v) is 9.45. The van der Waals surface area contributed by atoms with Crippen LogP contribution in [0.4, 0.5) is 11.6 Å². The van der Waals surface area contributed by atoms with Crippen molar-refractivity contribution in [2.45, 2.75) is 18.6 Å². The van der Waals surface area contributed by atoms with Gasteiger partial charge in [0.1, 0.15) is 0 Å². The first-order valence-electron chi connectivity index (χ1n) is 18.3. The minimum atomic E-state index is -2.60. The molecule has 0 fully saturated rings. The number of rotatable bonds is 2. The zero-order valence-corrected chi connectivity index (χ0v) is 26.4. The normalized spacial score (nSPS) is 15.2. The number of para-hydroxylation sites is 1. The van der Waals surface area contributed by atoms with Gasteiger partial charge in [0.15, 0.2) is 0 Å². The van der Waals surface area contributed by atoms with E-state index in [1.807, 2.05) is 24.3 Å². The maximum Gasteiger partial charge on any atom is 0.241 e. The van der Waals surface area contributed by atoms with Crippen molar-refractivity contribution in [3.63, 3.8) is 0 Å². The first-order valence-corrected chi connectivity index (χ1v) is 16.9. The summed E-state index contributed by atoms with van der Waals surface area (Å²) in [4.78, 5) is 11.5. The summed E-state index contributed by atoms with van der Waals surface area (Å²) in [5.41, 5.74) is 4.53. The van der Waals surface area contributed by atoms with E-state index in [0.717, 1.165) is 42.6 Å². The lowest BCUT2D eigenvalue weighted by Crippen LogP contribution is -2.16. The van der Waals surface area contributed by atoms with E-state index in [1.165, 1.54) is 33.0 Å². The van der Waals surface area contributed by atoms with Crippen LogP contribution in [0.15, 0.2) is 132 Å². The lowest BCUT2D eigenvalue weighted by Gasteiger charge is -2.32. The van der Waals surface area contributed by atoms with E-state index in [9.17, 15) is 0 Å². The van der Waals surface area contributed by atoms with Gasteiger partial charge in [-0.2, -0.15) is 0 Å². The van der Waals surface area contributed by atoms with Gasteiger partial charge in [-0.3, -0.25) is 0 Å². The maximum absolute atomic E-state index is 8.48. The average Bonchev–Trinajstić information content (AvgIpc) is 3.56. The highest BCUT2D eigenvalue weighted by Crippen LogP contribution is 2.59. The minimum absolute atomic E-state index is 0.0330. The molecule has 7 aromatic carbocycles. The van der Waals surface area contributed by atoms with Crippen LogP contribution in [0.3, 0.4) is 0 Å². The summed E-state index contributed by atoms with van der Waals surface area (Å²) in [5, 5.41) is 7.60. The summed E-state index contributed by atoms with van der Waals surface area (Å²) in [6.07, 6.45) is 0. The van der Waals surface area contributed by atoms with E-state index in [-0.39, 0.29) is 11.1 Å². The summed E-state index contributed by atoms with van der Waals surface area (Å²) in [5.74, 6) is 0.397. The highest BCUT2D eigenvalue weighted by atomic mass is 32.2. The van der Waals surface area contributed by atoms with E-state index >= 15 is 0 Å². The van der Waals surface area contributed by atoms with Crippen molar-refractivity contribution in [1.82, 2.24) is 9.97 Å². The van der Waals surface area contributed by atoms with Crippen molar-refractivity contribution in [1.29, 1.82) is 0 Å². The third kappa shape index (κ3) is 3.94. The third-order valence-electron chi connectivity index (χ3n) is 9.09. The molecular weight excluding hydrogens is 611 g/mol. The molecule has 0 atom stereocenters. The Morgan fingerprint density at radius 2 is 1.40 bits per heavy atom. The summed E-state index contributed by atoms with van der Waals surface area (Å²) in [6, 6.07) is 41.8. The molecule has 0 amide bonds. The van der Waals surface area contributed by atoms with Gasteiger partial charge in [0.25, 0.3) is 0 Å². The van der Waals surface area contributed by atoms with Gasteiger partial charge in [-0.15, -0.1) is 11.3 Å². The fourth-order valence-electron chi connectivity index (χ4n) is 7.07. The average molecular weight is 644 g/mol. The summed E-state index contributed by atoms with van der Waals surface area (Å²) < 4.78 is 53.8. The van der Waals surface area contributed by atoms with Crippen LogP contribution in [0, 0.1) is 13.7 Å². The quantitative estimate of drug-likeness (QED) is 0.175. The molecule has 3 heterocycles. The summed E-state index contributed by atoms with van der Waals surface area (Å²) in [6.45, 7) is -5.07. The van der Waals surface area contributed by atoms with Crippen LogP contribution in [-0.4, -0.2) is 9.97 Å². The smallest absolute Gasteiger partial charge is 0.241 e. The summed E-state index contributed by atoms with van der Waals surface area (Å²) >= 11 is 3.30. The van der Waals surface area contributed by atoms with Gasteiger partial charge >= 0.3 is 0 Å². The Bertz CT molecular complexity index is 2990. The SMILES string of the molecule is [2H]C([2H])([2H])c1ccc(-c2nc(N3Sc4ccc5ccccc5c4-c4c3c3sc5ccccc5c3c3ccccc43)nc3ccccc23)c(C([2H])([2H])[2H])c1. The van der Waals surface area contributed by atoms with E-state index in [0.29, 0.717) is 28.1 Å². The molecule has 0 aliphatic carbocycles. The topological polar surface area (TPSA) is 29.0 Å². The number of hydrogen-bond donors (Lipinski definition) is 0. The Balaban J connectivity index is 1.33. The van der Waals surface area contributed by atoms with E-state index in [4.69, 9.17) is 18.2 Å². The molecule has 5 heteroatoms. The molecule has 0 bridgehead atoms. The van der Waals surface area contributed by atoms with Crippen molar-refractivity contribution in [3.8, 4) is 22.4 Å². The molecule has 0 N–H and O–H groups in total. The minimum Gasteiger partial charge on any atom is -0.246 e. The number of anilines is 2. The second kappa shape index (κ2) is 10.1. The summed E-state index contributed by atoms with van der Waals surface area (Å²) in [7, 11) is 0. The molecule has 0 saturated heterocycles. The molecule has 0 unspecified atom stereocenters. The third-order valence-corrected chi connectivity index (χ3v) is 11.3. The van der Waals surface area contributed by atoms with E-state index in [2.05, 4.69) is 89.2 Å². The van der Waals surface area contributed by atoms with Crippen LogP contribution in [0.25, 0.3) is 75.0 Å². The van der Waals surface area contributed by atoms with Crippen molar-refractivity contribution in [3.05, 3.63) is 139 Å². The second-order valence-electron chi connectivity index (χ2n) is 11.8. The maximum atomic E-state index is 8.48. The monoisotopic (exact) mass is 643 g/mol. The second-order valence-corrected chi connectivity index (χ2v) is 13.8. The van der Waals surface area contributed by atoms with Crippen LogP contribution in [-0.2, 0) is 0 Å². The highest BCUT2D eigenvalue weighted by molar-refractivity contribution is 8.01. The molecule has 222 valence electrons. The molecule has 0 saturated carbocycles. The Hall–Kier alpha value is -5.23. The molecule has 47 heavy (non-hydrogen) atoms. The molecule has 10 rings (SSSR count). The molecule has 1 aliphatic rings. The predicted octanol–water partition coefficient (Wildman–Crippen LogP) is 12.4. The van der Waals surface area contributed by atoms with Crippen LogP contribution >= 0.6 is 23.3 Å². The van der Waals surface area contributed by atoms with Crippen LogP contribution in [0.2, 0.25) is 0 Å². The number of nitrogens with zero attached hydrogens (tertiary/aromatic N) is 3. The van der Waals surface area contributed by atoms with Crippen molar-refractivity contribution < 1.29 is 8.22 Å². The van der Waals surface area contributed by atoms with Gasteiger partial charge in [-0.1, -0.05) is 115 Å². The fraction of sp³-hybridized carbons (Fsp3) is 0.0476. The molecular formula is C42H27N3S2. The molecule has 0 spiro atoms. The molecule has 1 aliphatic heterocycles. The van der Waals surface area contributed by atoms with Gasteiger partial charge < -0.3 is 0 Å². The van der Waals surface area contributed by atoms with E-state index in [1.54, 1.807) is 29.4 Å². The van der Waals surface area contributed by atoms with E-state index < -0.39 is 13.7 Å². The number of benzene rings is 7. The molecule has 9 aromatic rings. The van der Waals surface area contributed by atoms with Crippen molar-refractivity contribution >= 4 is 87.5 Å². The van der Waals surface area contributed by atoms with Gasteiger partial charge in [0.2, 0.25) is 5.95 Å². The van der Waals surface area contributed by atoms with Crippen molar-refractivity contribution in [2.75, 3.05) is 4.31 Å². The molecule has 0 radical (unpaired) electrons. The van der Waals surface area contributed by atoms with Crippen LogP contribution in [0.1, 0.15) is 19.4 Å². The first-order chi connectivity index (χ1) is 25.6. The van der Waals surface area contributed by atoms with Gasteiger partial charge in [0.05, 0.1) is 21.6 Å². The van der Waals surface area contributed by atoms with Crippen LogP contribution in [0.5, 0.6) is 0 Å². The number of aryl methyl sites for hydroxylation is 2. The van der Waals surface area contributed by atoms with Gasteiger partial charge in [-0.25, -0.2) is 14.3 Å².